The fourth-order valence-corrected chi connectivity index (χ4v) is 6.64. The van der Waals surface area contributed by atoms with E-state index in [1.165, 1.54) is 135 Å². The summed E-state index contributed by atoms with van der Waals surface area (Å²) in [7, 11) is -4.76. The molecule has 8 nitrogen and oxygen atoms in total. The molecule has 0 bridgehead atoms. The van der Waals surface area contributed by atoms with Crippen LogP contribution in [0, 0.1) is 0 Å². The Kier molecular flexibility index (Phi) is 39.6. The monoisotopic (exact) mass is 783 g/mol. The summed E-state index contributed by atoms with van der Waals surface area (Å²) in [5, 5.41) is 0. The summed E-state index contributed by atoms with van der Waals surface area (Å²) >= 11 is 0. The first-order valence-electron chi connectivity index (χ1n) is 22.3. The number of hydrogen-bond acceptors (Lipinski definition) is 6. The Morgan fingerprint density at radius 2 is 0.833 bits per heavy atom. The van der Waals surface area contributed by atoms with Gasteiger partial charge in [-0.3, -0.25) is 14.1 Å². The van der Waals surface area contributed by atoms with Crippen LogP contribution in [0.2, 0.25) is 0 Å². The van der Waals surface area contributed by atoms with E-state index in [0.717, 1.165) is 51.4 Å². The number of hydrogen-bond donors (Lipinski definition) is 2. The molecule has 0 radical (unpaired) electrons. The summed E-state index contributed by atoms with van der Waals surface area (Å²) in [6.45, 7) is 3.66. The van der Waals surface area contributed by atoms with E-state index in [2.05, 4.69) is 54.8 Å². The van der Waals surface area contributed by atoms with Crippen molar-refractivity contribution in [2.24, 2.45) is 0 Å². The molecule has 0 saturated heterocycles. The number of allylic oxidation sites excluding steroid dienone is 6. The van der Waals surface area contributed by atoms with Gasteiger partial charge in [-0.2, -0.15) is 0 Å². The number of ether oxygens (including phenoxy) is 2. The van der Waals surface area contributed by atoms with Gasteiger partial charge in [0.1, 0.15) is 6.61 Å². The third-order valence-electron chi connectivity index (χ3n) is 9.63. The van der Waals surface area contributed by atoms with Crippen LogP contribution in [-0.4, -0.2) is 41.0 Å². The van der Waals surface area contributed by atoms with Crippen molar-refractivity contribution >= 4 is 19.8 Å². The molecule has 0 aliphatic heterocycles. The molecule has 0 fully saturated rings. The second-order valence-electron chi connectivity index (χ2n) is 15.0. The van der Waals surface area contributed by atoms with Crippen LogP contribution < -0.4 is 0 Å². The van der Waals surface area contributed by atoms with Gasteiger partial charge in [0.2, 0.25) is 0 Å². The molecule has 54 heavy (non-hydrogen) atoms. The summed E-state index contributed by atoms with van der Waals surface area (Å²) in [5.41, 5.74) is 0. The van der Waals surface area contributed by atoms with Crippen molar-refractivity contribution in [1.82, 2.24) is 0 Å². The molecular formula is C45H83O8P. The number of phosphoric acid groups is 1. The van der Waals surface area contributed by atoms with Crippen LogP contribution in [0.25, 0.3) is 0 Å². The molecule has 0 aromatic heterocycles. The maximum absolute atomic E-state index is 12.4. The average molecular weight is 783 g/mol. The Morgan fingerprint density at radius 3 is 1.28 bits per heavy atom. The van der Waals surface area contributed by atoms with Gasteiger partial charge >= 0.3 is 19.8 Å². The molecule has 0 amide bonds. The molecule has 1 atom stereocenters. The molecule has 316 valence electrons. The lowest BCUT2D eigenvalue weighted by Crippen LogP contribution is -2.29. The zero-order valence-corrected chi connectivity index (χ0v) is 35.8. The van der Waals surface area contributed by atoms with Crippen LogP contribution in [0.15, 0.2) is 36.5 Å². The molecule has 0 rings (SSSR count). The summed E-state index contributed by atoms with van der Waals surface area (Å²) in [6, 6.07) is 0. The number of unbranched alkanes of at least 4 members (excludes halogenated alkanes) is 25. The number of rotatable bonds is 41. The lowest BCUT2D eigenvalue weighted by molar-refractivity contribution is -0.161. The minimum atomic E-state index is -4.76. The number of phosphoric ester groups is 1. The normalized spacial score (nSPS) is 12.7. The maximum Gasteiger partial charge on any atom is 0.469 e. The zero-order chi connectivity index (χ0) is 39.6. The van der Waals surface area contributed by atoms with E-state index in [1.807, 2.05) is 0 Å². The van der Waals surface area contributed by atoms with Crippen LogP contribution in [0.1, 0.15) is 219 Å². The Morgan fingerprint density at radius 1 is 0.481 bits per heavy atom. The predicted molar refractivity (Wildman–Crippen MR) is 225 cm³/mol. The van der Waals surface area contributed by atoms with Crippen molar-refractivity contribution in [2.45, 2.75) is 225 Å². The number of esters is 2. The SMILES string of the molecule is CCCCC/C=C/C/C=C/CCCCCCCCCCCC(=O)O[C@H](COC(=O)CCCCCCCCCCC/C=C/CCCCCC)COP(=O)(O)O. The zero-order valence-electron chi connectivity index (χ0n) is 34.9. The lowest BCUT2D eigenvalue weighted by Gasteiger charge is -2.18. The fraction of sp³-hybridized carbons (Fsp3) is 0.822. The van der Waals surface area contributed by atoms with Gasteiger partial charge in [0.15, 0.2) is 6.10 Å². The molecule has 0 unspecified atom stereocenters. The first-order chi connectivity index (χ1) is 26.3. The van der Waals surface area contributed by atoms with E-state index in [4.69, 9.17) is 19.3 Å². The Labute approximate surface area is 332 Å². The van der Waals surface area contributed by atoms with E-state index in [9.17, 15) is 14.2 Å². The second kappa shape index (κ2) is 40.9. The van der Waals surface area contributed by atoms with Crippen LogP contribution in [-0.2, 0) is 28.2 Å². The summed E-state index contributed by atoms with van der Waals surface area (Å²) in [5.74, 6) is -0.886. The molecule has 9 heteroatoms. The largest absolute Gasteiger partial charge is 0.469 e. The number of carbonyl (C=O) groups is 2. The van der Waals surface area contributed by atoms with E-state index >= 15 is 0 Å². The second-order valence-corrected chi connectivity index (χ2v) is 16.3. The summed E-state index contributed by atoms with van der Waals surface area (Å²) < 4.78 is 26.4. The highest BCUT2D eigenvalue weighted by atomic mass is 31.2. The van der Waals surface area contributed by atoms with Crippen molar-refractivity contribution in [1.29, 1.82) is 0 Å². The minimum Gasteiger partial charge on any atom is -0.462 e. The highest BCUT2D eigenvalue weighted by molar-refractivity contribution is 7.46. The highest BCUT2D eigenvalue weighted by Gasteiger charge is 2.22. The highest BCUT2D eigenvalue weighted by Crippen LogP contribution is 2.36. The maximum atomic E-state index is 12.4. The Bertz CT molecular complexity index is 973. The van der Waals surface area contributed by atoms with Crippen LogP contribution >= 0.6 is 7.82 Å². The van der Waals surface area contributed by atoms with Gasteiger partial charge in [-0.25, -0.2) is 4.57 Å². The molecule has 0 aromatic carbocycles. The van der Waals surface area contributed by atoms with Crippen molar-refractivity contribution < 1.29 is 37.9 Å². The van der Waals surface area contributed by atoms with E-state index < -0.39 is 32.5 Å². The van der Waals surface area contributed by atoms with Crippen LogP contribution in [0.4, 0.5) is 0 Å². The van der Waals surface area contributed by atoms with Gasteiger partial charge < -0.3 is 19.3 Å². The van der Waals surface area contributed by atoms with Gasteiger partial charge in [0.25, 0.3) is 0 Å². The molecule has 0 spiro atoms. The van der Waals surface area contributed by atoms with Gasteiger partial charge in [0, 0.05) is 12.8 Å². The summed E-state index contributed by atoms with van der Waals surface area (Å²) in [6.07, 6.45) is 48.6. The molecule has 0 aliphatic rings. The molecule has 0 heterocycles. The first-order valence-corrected chi connectivity index (χ1v) is 23.8. The van der Waals surface area contributed by atoms with Gasteiger partial charge in [-0.1, -0.05) is 172 Å². The molecular weight excluding hydrogens is 699 g/mol. The molecule has 0 aliphatic carbocycles. The van der Waals surface area contributed by atoms with Gasteiger partial charge in [-0.05, 0) is 70.6 Å². The average Bonchev–Trinajstić information content (AvgIpc) is 3.14. The van der Waals surface area contributed by atoms with Crippen LogP contribution in [0.3, 0.4) is 0 Å². The number of carbonyl (C=O) groups excluding carboxylic acids is 2. The standard InChI is InChI=1S/C45H83O8P/c1-3-5-7-9-11-13-15-17-19-21-22-24-26-28-30-32-34-36-38-40-45(47)53-43(42-52-54(48,49)50)41-51-44(46)39-37-35-33-31-29-27-25-23-20-18-16-14-12-10-8-6-4-2/h11,13-14,16-17,19,43H,3-10,12,15,18,20-42H2,1-2H3,(H2,48,49,50)/b13-11+,16-14+,19-17+/t43-/m1/s1. The third-order valence-corrected chi connectivity index (χ3v) is 10.1. The topological polar surface area (TPSA) is 119 Å². The van der Waals surface area contributed by atoms with E-state index in [-0.39, 0.29) is 19.4 Å². The van der Waals surface area contributed by atoms with Crippen LogP contribution in [0.5, 0.6) is 0 Å². The quantitative estimate of drug-likeness (QED) is 0.0272. The Balaban J connectivity index is 3.88. The predicted octanol–water partition coefficient (Wildman–Crippen LogP) is 13.7. The van der Waals surface area contributed by atoms with Gasteiger partial charge in [0.05, 0.1) is 6.61 Å². The Hall–Kier alpha value is -1.73. The fourth-order valence-electron chi connectivity index (χ4n) is 6.28. The first kappa shape index (κ1) is 52.3. The lowest BCUT2D eigenvalue weighted by atomic mass is 10.1. The smallest absolute Gasteiger partial charge is 0.462 e. The van der Waals surface area contributed by atoms with E-state index in [0.29, 0.717) is 6.42 Å². The van der Waals surface area contributed by atoms with E-state index in [1.54, 1.807) is 0 Å². The minimum absolute atomic E-state index is 0.207. The summed E-state index contributed by atoms with van der Waals surface area (Å²) in [4.78, 5) is 42.9. The van der Waals surface area contributed by atoms with Crippen molar-refractivity contribution in [3.05, 3.63) is 36.5 Å². The van der Waals surface area contributed by atoms with Crippen molar-refractivity contribution in [3.63, 3.8) is 0 Å². The van der Waals surface area contributed by atoms with Crippen molar-refractivity contribution in [2.75, 3.05) is 13.2 Å². The molecule has 0 saturated carbocycles. The molecule has 2 N–H and O–H groups in total. The van der Waals surface area contributed by atoms with Crippen molar-refractivity contribution in [3.8, 4) is 0 Å². The third kappa shape index (κ3) is 43.0. The van der Waals surface area contributed by atoms with Gasteiger partial charge in [-0.15, -0.1) is 0 Å². The molecule has 0 aromatic rings.